The van der Waals surface area contributed by atoms with Gasteiger partial charge in [0.15, 0.2) is 0 Å². The summed E-state index contributed by atoms with van der Waals surface area (Å²) in [5.74, 6) is -0.154. The fourth-order valence-corrected chi connectivity index (χ4v) is 4.80. The number of hydrogen-bond donors (Lipinski definition) is 1. The Kier molecular flexibility index (Phi) is 6.40. The number of benzene rings is 1. The highest BCUT2D eigenvalue weighted by Gasteiger charge is 2.30. The van der Waals surface area contributed by atoms with Crippen LogP contribution in [-0.2, 0) is 10.0 Å². The van der Waals surface area contributed by atoms with Crippen LogP contribution < -0.4 is 5.32 Å². The van der Waals surface area contributed by atoms with E-state index in [9.17, 15) is 13.2 Å². The molecule has 1 saturated heterocycles. The second-order valence-corrected chi connectivity index (χ2v) is 8.36. The molecule has 1 unspecified atom stereocenters. The average Bonchev–Trinajstić information content (AvgIpc) is 2.59. The van der Waals surface area contributed by atoms with Crippen LogP contribution in [0.3, 0.4) is 0 Å². The lowest BCUT2D eigenvalue weighted by Gasteiger charge is -2.32. The van der Waals surface area contributed by atoms with Gasteiger partial charge in [0, 0.05) is 24.2 Å². The van der Waals surface area contributed by atoms with Crippen molar-refractivity contribution >= 4 is 15.9 Å². The van der Waals surface area contributed by atoms with Crippen LogP contribution in [-0.4, -0.2) is 37.3 Å². The quantitative estimate of drug-likeness (QED) is 0.855. The maximum Gasteiger partial charge on any atom is 0.251 e. The molecular weight excluding hydrogens is 324 g/mol. The smallest absolute Gasteiger partial charge is 0.251 e. The fraction of sp³-hybridized carbons (Fsp3) is 0.611. The van der Waals surface area contributed by atoms with Crippen molar-refractivity contribution in [3.05, 3.63) is 29.8 Å². The summed E-state index contributed by atoms with van der Waals surface area (Å²) in [4.78, 5) is 12.5. The zero-order chi connectivity index (χ0) is 17.7. The van der Waals surface area contributed by atoms with Crippen molar-refractivity contribution in [2.75, 3.05) is 6.54 Å². The van der Waals surface area contributed by atoms with Gasteiger partial charge in [0.2, 0.25) is 10.0 Å². The highest BCUT2D eigenvalue weighted by atomic mass is 32.2. The van der Waals surface area contributed by atoms with E-state index in [2.05, 4.69) is 5.32 Å². The number of nitrogens with zero attached hydrogens (tertiary/aromatic N) is 1. The Balaban J connectivity index is 2.15. The van der Waals surface area contributed by atoms with Crippen LogP contribution in [0.4, 0.5) is 0 Å². The number of sulfonamides is 1. The molecule has 1 amide bonds. The SMILES string of the molecule is CCC(CC)NC(=O)c1ccc(S(=O)(=O)N2CCCCC2C)cc1. The van der Waals surface area contributed by atoms with E-state index in [-0.39, 0.29) is 22.9 Å². The summed E-state index contributed by atoms with van der Waals surface area (Å²) < 4.78 is 27.1. The Labute approximate surface area is 145 Å². The third-order valence-corrected chi connectivity index (χ3v) is 6.81. The van der Waals surface area contributed by atoms with E-state index in [1.165, 1.54) is 0 Å². The summed E-state index contributed by atoms with van der Waals surface area (Å²) in [5.41, 5.74) is 0.493. The van der Waals surface area contributed by atoms with Gasteiger partial charge in [-0.2, -0.15) is 4.31 Å². The first kappa shape index (κ1) is 18.9. The number of hydrogen-bond acceptors (Lipinski definition) is 3. The van der Waals surface area contributed by atoms with Gasteiger partial charge >= 0.3 is 0 Å². The molecule has 0 aliphatic carbocycles. The summed E-state index contributed by atoms with van der Waals surface area (Å²) in [6, 6.07) is 6.45. The lowest BCUT2D eigenvalue weighted by molar-refractivity contribution is 0.0934. The molecule has 134 valence electrons. The van der Waals surface area contributed by atoms with Crippen LogP contribution >= 0.6 is 0 Å². The van der Waals surface area contributed by atoms with Gasteiger partial charge in [-0.15, -0.1) is 0 Å². The lowest BCUT2D eigenvalue weighted by Crippen LogP contribution is -2.41. The summed E-state index contributed by atoms with van der Waals surface area (Å²) in [6.07, 6.45) is 4.63. The molecule has 0 spiro atoms. The highest BCUT2D eigenvalue weighted by Crippen LogP contribution is 2.25. The Morgan fingerprint density at radius 3 is 2.38 bits per heavy atom. The van der Waals surface area contributed by atoms with Crippen LogP contribution in [0.1, 0.15) is 63.2 Å². The molecule has 1 aromatic carbocycles. The van der Waals surface area contributed by atoms with Gasteiger partial charge in [0.25, 0.3) is 5.91 Å². The summed E-state index contributed by atoms with van der Waals surface area (Å²) in [5, 5.41) is 2.96. The topological polar surface area (TPSA) is 66.5 Å². The van der Waals surface area contributed by atoms with E-state index in [0.29, 0.717) is 12.1 Å². The summed E-state index contributed by atoms with van der Waals surface area (Å²) in [7, 11) is -3.48. The van der Waals surface area contributed by atoms with Crippen molar-refractivity contribution in [3.63, 3.8) is 0 Å². The van der Waals surface area contributed by atoms with Crippen molar-refractivity contribution < 1.29 is 13.2 Å². The zero-order valence-corrected chi connectivity index (χ0v) is 15.6. The van der Waals surface area contributed by atoms with Crippen molar-refractivity contribution in [3.8, 4) is 0 Å². The van der Waals surface area contributed by atoms with Crippen molar-refractivity contribution in [1.82, 2.24) is 9.62 Å². The molecule has 6 heteroatoms. The van der Waals surface area contributed by atoms with E-state index in [1.54, 1.807) is 28.6 Å². The Bertz CT molecular complexity index is 651. The lowest BCUT2D eigenvalue weighted by atomic mass is 10.1. The molecule has 5 nitrogen and oxygen atoms in total. The molecule has 0 radical (unpaired) electrons. The Hall–Kier alpha value is -1.40. The second kappa shape index (κ2) is 8.12. The molecule has 1 N–H and O–H groups in total. The third-order valence-electron chi connectivity index (χ3n) is 4.79. The molecule has 1 atom stereocenters. The van der Waals surface area contributed by atoms with Crippen LogP contribution in [0.25, 0.3) is 0 Å². The predicted octanol–water partition coefficient (Wildman–Crippen LogP) is 3.17. The number of nitrogens with one attached hydrogen (secondary N) is 1. The van der Waals surface area contributed by atoms with Gasteiger partial charge in [0.1, 0.15) is 0 Å². The molecular formula is C18H28N2O3S. The van der Waals surface area contributed by atoms with E-state index in [0.717, 1.165) is 32.1 Å². The monoisotopic (exact) mass is 352 g/mol. The van der Waals surface area contributed by atoms with Crippen molar-refractivity contribution in [2.24, 2.45) is 0 Å². The molecule has 2 rings (SSSR count). The molecule has 1 aliphatic rings. The first-order chi connectivity index (χ1) is 11.4. The zero-order valence-electron chi connectivity index (χ0n) is 14.8. The minimum Gasteiger partial charge on any atom is -0.349 e. The second-order valence-electron chi connectivity index (χ2n) is 6.47. The van der Waals surface area contributed by atoms with Crippen LogP contribution in [0.15, 0.2) is 29.2 Å². The minimum atomic E-state index is -3.48. The summed E-state index contributed by atoms with van der Waals surface area (Å²) in [6.45, 7) is 6.59. The molecule has 0 bridgehead atoms. The van der Waals surface area contributed by atoms with Crippen LogP contribution in [0.5, 0.6) is 0 Å². The number of rotatable bonds is 6. The first-order valence-electron chi connectivity index (χ1n) is 8.82. The highest BCUT2D eigenvalue weighted by molar-refractivity contribution is 7.89. The largest absolute Gasteiger partial charge is 0.349 e. The Morgan fingerprint density at radius 2 is 1.83 bits per heavy atom. The third kappa shape index (κ3) is 4.16. The molecule has 0 saturated carbocycles. The predicted molar refractivity (Wildman–Crippen MR) is 95.5 cm³/mol. The van der Waals surface area contributed by atoms with Crippen LogP contribution in [0, 0.1) is 0 Å². The first-order valence-corrected chi connectivity index (χ1v) is 10.3. The van der Waals surface area contributed by atoms with Crippen molar-refractivity contribution in [2.45, 2.75) is 69.9 Å². The van der Waals surface area contributed by atoms with E-state index in [1.807, 2.05) is 20.8 Å². The van der Waals surface area contributed by atoms with Gasteiger partial charge in [-0.3, -0.25) is 4.79 Å². The average molecular weight is 353 g/mol. The minimum absolute atomic E-state index is 0.0293. The van der Waals surface area contributed by atoms with E-state index in [4.69, 9.17) is 0 Å². The molecule has 0 aromatic heterocycles. The van der Waals surface area contributed by atoms with Gasteiger partial charge in [-0.25, -0.2) is 8.42 Å². The standard InChI is InChI=1S/C18H28N2O3S/c1-4-16(5-2)19-18(21)15-9-11-17(12-10-15)24(22,23)20-13-7-6-8-14(20)3/h9-12,14,16H,4-8,13H2,1-3H3,(H,19,21). The molecule has 24 heavy (non-hydrogen) atoms. The molecule has 1 fully saturated rings. The van der Waals surface area contributed by atoms with Gasteiger partial charge in [0.05, 0.1) is 4.90 Å². The maximum absolute atomic E-state index is 12.8. The van der Waals surface area contributed by atoms with Gasteiger partial charge < -0.3 is 5.32 Å². The number of amides is 1. The summed E-state index contributed by atoms with van der Waals surface area (Å²) >= 11 is 0. The van der Waals surface area contributed by atoms with Gasteiger partial charge in [-0.1, -0.05) is 20.3 Å². The molecule has 1 aromatic rings. The van der Waals surface area contributed by atoms with E-state index >= 15 is 0 Å². The van der Waals surface area contributed by atoms with E-state index < -0.39 is 10.0 Å². The Morgan fingerprint density at radius 1 is 1.21 bits per heavy atom. The molecule has 1 heterocycles. The van der Waals surface area contributed by atoms with Gasteiger partial charge in [-0.05, 0) is 56.9 Å². The number of piperidine rings is 1. The number of carbonyl (C=O) groups is 1. The molecule has 1 aliphatic heterocycles. The van der Waals surface area contributed by atoms with Crippen LogP contribution in [0.2, 0.25) is 0 Å². The normalized spacial score (nSPS) is 19.4. The maximum atomic E-state index is 12.8. The fourth-order valence-electron chi connectivity index (χ4n) is 3.10. The number of carbonyl (C=O) groups excluding carboxylic acids is 1. The van der Waals surface area contributed by atoms with Crippen molar-refractivity contribution in [1.29, 1.82) is 0 Å².